The molecule has 0 aliphatic carbocycles. The van der Waals surface area contributed by atoms with Crippen molar-refractivity contribution < 1.29 is 18.9 Å². The SMILES string of the molecule is COc1cccc(OCCCCN)c1.COc1cccc(OCCCCl)c1. The molecule has 0 heterocycles. The van der Waals surface area contributed by atoms with E-state index in [0.717, 1.165) is 48.8 Å². The van der Waals surface area contributed by atoms with Crippen molar-refractivity contribution >= 4 is 11.6 Å². The van der Waals surface area contributed by atoms with Gasteiger partial charge in [0.1, 0.15) is 23.0 Å². The highest BCUT2D eigenvalue weighted by molar-refractivity contribution is 6.17. The van der Waals surface area contributed by atoms with Gasteiger partial charge in [0.15, 0.2) is 0 Å². The quantitative estimate of drug-likeness (QED) is 0.447. The van der Waals surface area contributed by atoms with Gasteiger partial charge in [0.05, 0.1) is 27.4 Å². The number of ether oxygens (including phenoxy) is 4. The van der Waals surface area contributed by atoms with Crippen LogP contribution in [0.3, 0.4) is 0 Å². The van der Waals surface area contributed by atoms with Gasteiger partial charge >= 0.3 is 0 Å². The van der Waals surface area contributed by atoms with E-state index in [-0.39, 0.29) is 0 Å². The molecule has 0 bridgehead atoms. The molecule has 0 radical (unpaired) electrons. The molecule has 2 aromatic rings. The minimum Gasteiger partial charge on any atom is -0.497 e. The molecule has 0 amide bonds. The summed E-state index contributed by atoms with van der Waals surface area (Å²) in [5, 5.41) is 0. The molecule has 0 unspecified atom stereocenters. The lowest BCUT2D eigenvalue weighted by molar-refractivity contribution is 0.305. The fraction of sp³-hybridized carbons (Fsp3) is 0.429. The summed E-state index contributed by atoms with van der Waals surface area (Å²) in [5.74, 6) is 3.93. The molecule has 2 rings (SSSR count). The second-order valence-corrected chi connectivity index (χ2v) is 5.97. The van der Waals surface area contributed by atoms with Crippen molar-refractivity contribution in [3.63, 3.8) is 0 Å². The largest absolute Gasteiger partial charge is 0.497 e. The molecule has 0 aliphatic heterocycles. The molecular formula is C21H30ClNO4. The summed E-state index contributed by atoms with van der Waals surface area (Å²) in [6, 6.07) is 15.1. The third-order valence-corrected chi connectivity index (χ3v) is 3.76. The first-order chi connectivity index (χ1) is 13.2. The Morgan fingerprint density at radius 3 is 1.67 bits per heavy atom. The Hall–Kier alpha value is -2.11. The molecule has 2 aromatic carbocycles. The third-order valence-electron chi connectivity index (χ3n) is 3.50. The van der Waals surface area contributed by atoms with Crippen LogP contribution in [0.1, 0.15) is 19.3 Å². The van der Waals surface area contributed by atoms with Crippen molar-refractivity contribution in [2.75, 3.05) is 39.9 Å². The number of alkyl halides is 1. The summed E-state index contributed by atoms with van der Waals surface area (Å²) >= 11 is 5.52. The monoisotopic (exact) mass is 395 g/mol. The van der Waals surface area contributed by atoms with Crippen molar-refractivity contribution in [1.82, 2.24) is 0 Å². The van der Waals surface area contributed by atoms with E-state index in [9.17, 15) is 0 Å². The number of hydrogen-bond acceptors (Lipinski definition) is 5. The second-order valence-electron chi connectivity index (χ2n) is 5.59. The maximum atomic E-state index is 5.52. The fourth-order valence-electron chi connectivity index (χ4n) is 2.06. The average molecular weight is 396 g/mol. The molecule has 2 N–H and O–H groups in total. The zero-order valence-corrected chi connectivity index (χ0v) is 16.9. The molecule has 6 heteroatoms. The average Bonchev–Trinajstić information content (AvgIpc) is 2.72. The first kappa shape index (κ1) is 22.9. The fourth-order valence-corrected chi connectivity index (χ4v) is 2.17. The maximum Gasteiger partial charge on any atom is 0.122 e. The zero-order valence-electron chi connectivity index (χ0n) is 16.2. The number of rotatable bonds is 11. The lowest BCUT2D eigenvalue weighted by Crippen LogP contribution is -2.03. The van der Waals surface area contributed by atoms with Crippen LogP contribution in [0.25, 0.3) is 0 Å². The van der Waals surface area contributed by atoms with E-state index in [2.05, 4.69) is 0 Å². The van der Waals surface area contributed by atoms with Crippen molar-refractivity contribution in [1.29, 1.82) is 0 Å². The minimum atomic E-state index is 0.629. The van der Waals surface area contributed by atoms with E-state index >= 15 is 0 Å². The normalized spacial score (nSPS) is 9.78. The van der Waals surface area contributed by atoms with Crippen LogP contribution in [0.4, 0.5) is 0 Å². The second kappa shape index (κ2) is 15.0. The molecule has 0 saturated heterocycles. The van der Waals surface area contributed by atoms with E-state index in [1.807, 2.05) is 48.5 Å². The predicted octanol–water partition coefficient (Wildman–Crippen LogP) is 4.52. The summed E-state index contributed by atoms with van der Waals surface area (Å²) in [4.78, 5) is 0. The van der Waals surface area contributed by atoms with Gasteiger partial charge in [-0.1, -0.05) is 12.1 Å². The molecule has 0 aliphatic rings. The Morgan fingerprint density at radius 2 is 1.22 bits per heavy atom. The van der Waals surface area contributed by atoms with E-state index < -0.39 is 0 Å². The van der Waals surface area contributed by atoms with E-state index in [1.54, 1.807) is 14.2 Å². The van der Waals surface area contributed by atoms with Gasteiger partial charge in [-0.2, -0.15) is 0 Å². The smallest absolute Gasteiger partial charge is 0.122 e. The first-order valence-corrected chi connectivity index (χ1v) is 9.56. The molecule has 150 valence electrons. The van der Waals surface area contributed by atoms with E-state index in [0.29, 0.717) is 19.1 Å². The lowest BCUT2D eigenvalue weighted by Gasteiger charge is -2.06. The van der Waals surface area contributed by atoms with Gasteiger partial charge in [0.25, 0.3) is 0 Å². The Bertz CT molecular complexity index is 625. The van der Waals surface area contributed by atoms with Gasteiger partial charge in [-0.3, -0.25) is 0 Å². The van der Waals surface area contributed by atoms with Gasteiger partial charge in [-0.05, 0) is 50.1 Å². The molecule has 0 aromatic heterocycles. The Balaban J connectivity index is 0.000000271. The highest BCUT2D eigenvalue weighted by Crippen LogP contribution is 2.19. The lowest BCUT2D eigenvalue weighted by atomic mass is 10.3. The number of hydrogen-bond donors (Lipinski definition) is 1. The number of methoxy groups -OCH3 is 2. The predicted molar refractivity (Wildman–Crippen MR) is 111 cm³/mol. The molecular weight excluding hydrogens is 366 g/mol. The summed E-state index contributed by atoms with van der Waals surface area (Å²) in [7, 11) is 3.28. The van der Waals surface area contributed by atoms with Crippen LogP contribution < -0.4 is 24.7 Å². The number of unbranched alkanes of at least 4 members (excludes halogenated alkanes) is 1. The minimum absolute atomic E-state index is 0.629. The number of nitrogens with two attached hydrogens (primary N) is 1. The third kappa shape index (κ3) is 10.6. The van der Waals surface area contributed by atoms with Crippen LogP contribution in [-0.4, -0.2) is 39.9 Å². The first-order valence-electron chi connectivity index (χ1n) is 9.03. The van der Waals surface area contributed by atoms with Crippen LogP contribution in [0.2, 0.25) is 0 Å². The standard InChI is InChI=1S/C11H17NO2.C10H13ClO2/c1-13-10-5-4-6-11(9-10)14-8-3-2-7-12;1-12-9-4-2-5-10(8-9)13-7-3-6-11/h4-6,9H,2-3,7-8,12H2,1H3;2,4-5,8H,3,6-7H2,1H3. The van der Waals surface area contributed by atoms with Gasteiger partial charge in [0.2, 0.25) is 0 Å². The van der Waals surface area contributed by atoms with Gasteiger partial charge < -0.3 is 24.7 Å². The number of benzene rings is 2. The van der Waals surface area contributed by atoms with Crippen LogP contribution in [0.5, 0.6) is 23.0 Å². The molecule has 5 nitrogen and oxygen atoms in total. The maximum absolute atomic E-state index is 5.52. The summed E-state index contributed by atoms with van der Waals surface area (Å²) in [6.45, 7) is 2.09. The van der Waals surface area contributed by atoms with Crippen LogP contribution in [0, 0.1) is 0 Å². The number of halogens is 1. The van der Waals surface area contributed by atoms with Crippen LogP contribution >= 0.6 is 11.6 Å². The van der Waals surface area contributed by atoms with Crippen molar-refractivity contribution in [3.05, 3.63) is 48.5 Å². The van der Waals surface area contributed by atoms with Crippen LogP contribution in [-0.2, 0) is 0 Å². The van der Waals surface area contributed by atoms with Gasteiger partial charge in [-0.15, -0.1) is 11.6 Å². The van der Waals surface area contributed by atoms with Gasteiger partial charge in [-0.25, -0.2) is 0 Å². The van der Waals surface area contributed by atoms with Crippen molar-refractivity contribution in [2.24, 2.45) is 5.73 Å². The molecule has 0 atom stereocenters. The highest BCUT2D eigenvalue weighted by atomic mass is 35.5. The zero-order chi connectivity index (χ0) is 19.7. The molecule has 0 fully saturated rings. The van der Waals surface area contributed by atoms with Crippen molar-refractivity contribution in [3.8, 4) is 23.0 Å². The molecule has 0 spiro atoms. The summed E-state index contributed by atoms with van der Waals surface area (Å²) in [5.41, 5.74) is 5.38. The molecule has 0 saturated carbocycles. The Morgan fingerprint density at radius 1 is 0.741 bits per heavy atom. The molecule has 27 heavy (non-hydrogen) atoms. The summed E-state index contributed by atoms with van der Waals surface area (Å²) < 4.78 is 21.1. The summed E-state index contributed by atoms with van der Waals surface area (Å²) in [6.07, 6.45) is 2.86. The van der Waals surface area contributed by atoms with Crippen LogP contribution in [0.15, 0.2) is 48.5 Å². The van der Waals surface area contributed by atoms with E-state index in [4.69, 9.17) is 36.3 Å². The highest BCUT2D eigenvalue weighted by Gasteiger charge is 1.96. The topological polar surface area (TPSA) is 62.9 Å². The Kier molecular flexibility index (Phi) is 12.7. The Labute approximate surface area is 167 Å². The van der Waals surface area contributed by atoms with Gasteiger partial charge in [0, 0.05) is 18.0 Å². The van der Waals surface area contributed by atoms with Crippen molar-refractivity contribution in [2.45, 2.75) is 19.3 Å². The van der Waals surface area contributed by atoms with E-state index in [1.165, 1.54) is 0 Å².